The maximum absolute atomic E-state index is 12.5. The minimum Gasteiger partial charge on any atom is -0.480 e. The number of likely N-dealkylation sites (tertiary alicyclic amines) is 1. The number of amides is 2. The number of carboxylic acids is 1. The highest BCUT2D eigenvalue weighted by Crippen LogP contribution is 2.24. The van der Waals surface area contributed by atoms with Crippen LogP contribution in [-0.2, 0) is 4.79 Å². The van der Waals surface area contributed by atoms with Crippen LogP contribution in [-0.4, -0.2) is 52.1 Å². The second-order valence-electron chi connectivity index (χ2n) is 5.50. The number of aliphatic carboxylic acids is 1. The Bertz CT molecular complexity index is 333. The van der Waals surface area contributed by atoms with Crippen LogP contribution in [0, 0.1) is 5.92 Å². The highest BCUT2D eigenvalue weighted by molar-refractivity contribution is 5.83. The van der Waals surface area contributed by atoms with Crippen LogP contribution in [0.3, 0.4) is 0 Å². The minimum absolute atomic E-state index is 0.129. The highest BCUT2D eigenvalue weighted by Gasteiger charge is 2.37. The molecular formula is C14H26N2O3. The van der Waals surface area contributed by atoms with Gasteiger partial charge in [0.25, 0.3) is 0 Å². The fourth-order valence-corrected chi connectivity index (χ4v) is 2.63. The van der Waals surface area contributed by atoms with Crippen molar-refractivity contribution in [3.63, 3.8) is 0 Å². The molecule has 0 aliphatic carbocycles. The lowest BCUT2D eigenvalue weighted by atomic mass is 9.92. The molecule has 19 heavy (non-hydrogen) atoms. The molecule has 1 aliphatic heterocycles. The SMILES string of the molecule is CCC(C)N(CC)C(=O)N1CCC(C)CC1C(=O)O. The third-order valence-corrected chi connectivity index (χ3v) is 4.10. The largest absolute Gasteiger partial charge is 0.480 e. The van der Waals surface area contributed by atoms with Crippen LogP contribution in [0.2, 0.25) is 0 Å². The molecule has 0 radical (unpaired) electrons. The molecule has 1 aliphatic rings. The van der Waals surface area contributed by atoms with E-state index in [0.717, 1.165) is 12.8 Å². The summed E-state index contributed by atoms with van der Waals surface area (Å²) in [5, 5.41) is 9.31. The third-order valence-electron chi connectivity index (χ3n) is 4.10. The van der Waals surface area contributed by atoms with Crippen molar-refractivity contribution in [3.05, 3.63) is 0 Å². The van der Waals surface area contributed by atoms with E-state index in [1.54, 1.807) is 4.90 Å². The summed E-state index contributed by atoms with van der Waals surface area (Å²) < 4.78 is 0. The average Bonchev–Trinajstić information content (AvgIpc) is 2.38. The highest BCUT2D eigenvalue weighted by atomic mass is 16.4. The van der Waals surface area contributed by atoms with Crippen molar-refractivity contribution < 1.29 is 14.7 Å². The van der Waals surface area contributed by atoms with Crippen LogP contribution in [0.5, 0.6) is 0 Å². The van der Waals surface area contributed by atoms with Gasteiger partial charge in [-0.25, -0.2) is 9.59 Å². The Balaban J connectivity index is 2.85. The zero-order chi connectivity index (χ0) is 14.6. The summed E-state index contributed by atoms with van der Waals surface area (Å²) in [5.74, 6) is -0.524. The molecule has 1 N–H and O–H groups in total. The molecule has 1 saturated heterocycles. The summed E-state index contributed by atoms with van der Waals surface area (Å²) >= 11 is 0. The van der Waals surface area contributed by atoms with Gasteiger partial charge in [0.05, 0.1) is 0 Å². The zero-order valence-corrected chi connectivity index (χ0v) is 12.4. The summed E-state index contributed by atoms with van der Waals surface area (Å²) in [6, 6.07) is -0.656. The Kier molecular flexibility index (Phi) is 5.63. The lowest BCUT2D eigenvalue weighted by Crippen LogP contribution is -2.55. The lowest BCUT2D eigenvalue weighted by molar-refractivity contribution is -0.144. The molecule has 1 fully saturated rings. The number of carbonyl (C=O) groups excluding carboxylic acids is 1. The van der Waals surface area contributed by atoms with Gasteiger partial charge < -0.3 is 14.9 Å². The summed E-state index contributed by atoms with van der Waals surface area (Å²) in [7, 11) is 0. The molecule has 0 aromatic heterocycles. The van der Waals surface area contributed by atoms with Crippen molar-refractivity contribution in [2.45, 2.75) is 59.0 Å². The molecule has 1 heterocycles. The van der Waals surface area contributed by atoms with E-state index in [2.05, 4.69) is 0 Å². The number of carboxylic acid groups (broad SMARTS) is 1. The molecule has 0 aromatic rings. The summed E-state index contributed by atoms with van der Waals surface area (Å²) in [6.45, 7) is 9.18. The van der Waals surface area contributed by atoms with Gasteiger partial charge in [0.15, 0.2) is 0 Å². The molecule has 2 amide bonds. The molecule has 1 rings (SSSR count). The van der Waals surface area contributed by atoms with Crippen molar-refractivity contribution in [1.82, 2.24) is 9.80 Å². The van der Waals surface area contributed by atoms with Crippen molar-refractivity contribution in [2.75, 3.05) is 13.1 Å². The van der Waals surface area contributed by atoms with Crippen LogP contribution >= 0.6 is 0 Å². The smallest absolute Gasteiger partial charge is 0.326 e. The number of hydrogen-bond acceptors (Lipinski definition) is 2. The summed E-state index contributed by atoms with van der Waals surface area (Å²) in [6.07, 6.45) is 2.31. The van der Waals surface area contributed by atoms with Gasteiger partial charge in [-0.15, -0.1) is 0 Å². The second kappa shape index (κ2) is 6.78. The maximum atomic E-state index is 12.5. The number of piperidine rings is 1. The molecule has 0 aromatic carbocycles. The monoisotopic (exact) mass is 270 g/mol. The topological polar surface area (TPSA) is 60.9 Å². The number of carbonyl (C=O) groups is 2. The van der Waals surface area contributed by atoms with Crippen LogP contribution in [0.15, 0.2) is 0 Å². The van der Waals surface area contributed by atoms with Gasteiger partial charge in [0.2, 0.25) is 0 Å². The van der Waals surface area contributed by atoms with Crippen LogP contribution < -0.4 is 0 Å². The van der Waals surface area contributed by atoms with E-state index in [1.807, 2.05) is 27.7 Å². The predicted octanol–water partition coefficient (Wildman–Crippen LogP) is 2.41. The van der Waals surface area contributed by atoms with Crippen LogP contribution in [0.25, 0.3) is 0 Å². The normalized spacial score (nSPS) is 24.9. The Morgan fingerprint density at radius 1 is 1.42 bits per heavy atom. The minimum atomic E-state index is -0.889. The van der Waals surface area contributed by atoms with Gasteiger partial charge >= 0.3 is 12.0 Å². The fraction of sp³-hybridized carbons (Fsp3) is 0.857. The van der Waals surface area contributed by atoms with E-state index in [1.165, 1.54) is 4.90 Å². The lowest BCUT2D eigenvalue weighted by Gasteiger charge is -2.40. The first kappa shape index (κ1) is 15.8. The first-order chi connectivity index (χ1) is 8.92. The van der Waals surface area contributed by atoms with Crippen LogP contribution in [0.4, 0.5) is 4.79 Å². The Labute approximate surface area is 115 Å². The van der Waals surface area contributed by atoms with Gasteiger partial charge in [0, 0.05) is 19.1 Å². The van der Waals surface area contributed by atoms with Crippen molar-refractivity contribution >= 4 is 12.0 Å². The molecule has 0 bridgehead atoms. The van der Waals surface area contributed by atoms with E-state index in [9.17, 15) is 14.7 Å². The number of rotatable bonds is 4. The zero-order valence-electron chi connectivity index (χ0n) is 12.4. The quantitative estimate of drug-likeness (QED) is 0.853. The predicted molar refractivity (Wildman–Crippen MR) is 74.1 cm³/mol. The molecule has 5 heteroatoms. The molecule has 3 unspecified atom stereocenters. The Morgan fingerprint density at radius 2 is 2.05 bits per heavy atom. The molecule has 0 spiro atoms. The second-order valence-corrected chi connectivity index (χ2v) is 5.50. The van der Waals surface area contributed by atoms with Gasteiger partial charge in [-0.3, -0.25) is 0 Å². The van der Waals surface area contributed by atoms with E-state index in [4.69, 9.17) is 0 Å². The Hall–Kier alpha value is -1.26. The molecule has 0 saturated carbocycles. The van der Waals surface area contributed by atoms with E-state index in [0.29, 0.717) is 25.4 Å². The number of hydrogen-bond donors (Lipinski definition) is 1. The third kappa shape index (κ3) is 3.61. The van der Waals surface area contributed by atoms with E-state index >= 15 is 0 Å². The number of urea groups is 1. The summed E-state index contributed by atoms with van der Waals surface area (Å²) in [5.41, 5.74) is 0. The van der Waals surface area contributed by atoms with Gasteiger partial charge in [-0.1, -0.05) is 13.8 Å². The van der Waals surface area contributed by atoms with Gasteiger partial charge in [0.1, 0.15) is 6.04 Å². The van der Waals surface area contributed by atoms with Crippen molar-refractivity contribution in [1.29, 1.82) is 0 Å². The molecular weight excluding hydrogens is 244 g/mol. The first-order valence-electron chi connectivity index (χ1n) is 7.22. The number of nitrogens with zero attached hydrogens (tertiary/aromatic N) is 2. The van der Waals surface area contributed by atoms with Gasteiger partial charge in [-0.05, 0) is 39.0 Å². The summed E-state index contributed by atoms with van der Waals surface area (Å²) in [4.78, 5) is 27.2. The maximum Gasteiger partial charge on any atom is 0.326 e. The van der Waals surface area contributed by atoms with Gasteiger partial charge in [-0.2, -0.15) is 0 Å². The average molecular weight is 270 g/mol. The fourth-order valence-electron chi connectivity index (χ4n) is 2.63. The molecule has 5 nitrogen and oxygen atoms in total. The standard InChI is InChI=1S/C14H26N2O3/c1-5-11(4)15(6-2)14(19)16-8-7-10(3)9-12(16)13(17)18/h10-12H,5-9H2,1-4H3,(H,17,18). The van der Waals surface area contributed by atoms with Crippen molar-refractivity contribution in [3.8, 4) is 0 Å². The van der Waals surface area contributed by atoms with Crippen LogP contribution in [0.1, 0.15) is 47.0 Å². The first-order valence-corrected chi connectivity index (χ1v) is 7.22. The van der Waals surface area contributed by atoms with E-state index in [-0.39, 0.29) is 12.1 Å². The molecule has 3 atom stereocenters. The van der Waals surface area contributed by atoms with E-state index < -0.39 is 12.0 Å². The van der Waals surface area contributed by atoms with Crippen molar-refractivity contribution in [2.24, 2.45) is 5.92 Å². The Morgan fingerprint density at radius 3 is 2.53 bits per heavy atom. The molecule has 110 valence electrons.